The van der Waals surface area contributed by atoms with Crippen molar-refractivity contribution in [3.63, 3.8) is 0 Å². The van der Waals surface area contributed by atoms with Gasteiger partial charge in [0.2, 0.25) is 0 Å². The zero-order valence-corrected chi connectivity index (χ0v) is 19.9. The molecule has 0 spiro atoms. The second kappa shape index (κ2) is 9.97. The Labute approximate surface area is 195 Å². The topological polar surface area (TPSA) is 74.7 Å². The van der Waals surface area contributed by atoms with E-state index in [0.29, 0.717) is 32.0 Å². The Morgan fingerprint density at radius 3 is 2.42 bits per heavy atom. The molecule has 10 heteroatoms. The van der Waals surface area contributed by atoms with Crippen molar-refractivity contribution < 1.29 is 31.5 Å². The molecule has 1 amide bonds. The highest BCUT2D eigenvalue weighted by atomic mass is 32.2. The molecule has 0 saturated carbocycles. The van der Waals surface area contributed by atoms with Crippen LogP contribution in [0.4, 0.5) is 13.2 Å². The summed E-state index contributed by atoms with van der Waals surface area (Å²) in [4.78, 5) is 15.0. The number of likely N-dealkylation sites (tertiary alicyclic amines) is 1. The average Bonchev–Trinajstić information content (AvgIpc) is 2.79. The summed E-state index contributed by atoms with van der Waals surface area (Å²) in [5.74, 6) is -0.723. The molecule has 1 unspecified atom stereocenters. The number of carbonyl (C=O) groups is 1. The summed E-state index contributed by atoms with van der Waals surface area (Å²) in [7, 11) is -3.99. The summed E-state index contributed by atoms with van der Waals surface area (Å²) in [6.07, 6.45) is -1.69. The second-order valence-electron chi connectivity index (χ2n) is 8.03. The van der Waals surface area contributed by atoms with Crippen molar-refractivity contribution >= 4 is 27.5 Å². The van der Waals surface area contributed by atoms with Gasteiger partial charge in [-0.3, -0.25) is 4.79 Å². The molecule has 1 atom stereocenters. The van der Waals surface area contributed by atoms with Crippen molar-refractivity contribution in [2.75, 3.05) is 19.3 Å². The maximum atomic E-state index is 13.2. The number of phenolic OH excluding ortho intramolecular Hbond substituents is 1. The molecule has 0 bridgehead atoms. The minimum Gasteiger partial charge on any atom is -0.507 e. The number of rotatable bonds is 6. The Balaban J connectivity index is 1.76. The van der Waals surface area contributed by atoms with Crippen LogP contribution in [0.15, 0.2) is 52.3 Å². The maximum absolute atomic E-state index is 13.2. The van der Waals surface area contributed by atoms with Gasteiger partial charge in [0.25, 0.3) is 5.91 Å². The van der Waals surface area contributed by atoms with E-state index in [0.717, 1.165) is 17.0 Å². The monoisotopic (exact) mass is 501 g/mol. The summed E-state index contributed by atoms with van der Waals surface area (Å²) < 4.78 is 65.7. The minimum absolute atomic E-state index is 0.113. The van der Waals surface area contributed by atoms with E-state index in [1.165, 1.54) is 23.9 Å². The van der Waals surface area contributed by atoms with Crippen molar-refractivity contribution in [3.05, 3.63) is 53.6 Å². The molecule has 2 aromatic rings. The summed E-state index contributed by atoms with van der Waals surface area (Å²) in [6.45, 7) is 2.32. The van der Waals surface area contributed by atoms with Gasteiger partial charge in [-0.25, -0.2) is 8.42 Å². The highest BCUT2D eigenvalue weighted by Crippen LogP contribution is 2.35. The molecule has 1 saturated heterocycles. The summed E-state index contributed by atoms with van der Waals surface area (Å²) >= 11 is 1.45. The van der Waals surface area contributed by atoms with Crippen LogP contribution in [-0.4, -0.2) is 48.9 Å². The number of phenols is 1. The molecule has 1 N–H and O–H groups in total. The first kappa shape index (κ1) is 25.4. The third kappa shape index (κ3) is 5.48. The van der Waals surface area contributed by atoms with Gasteiger partial charge in [-0.2, -0.15) is 13.2 Å². The van der Waals surface area contributed by atoms with Crippen molar-refractivity contribution in [2.45, 2.75) is 47.4 Å². The Morgan fingerprint density at radius 2 is 1.85 bits per heavy atom. The SMILES string of the molecule is CCC(C1CCN(C(=O)c2cc(SC)ccc2O)CC1)S(=O)(=O)c1cccc(C(F)(F)F)c1. The number of alkyl halides is 3. The lowest BCUT2D eigenvalue weighted by Gasteiger charge is -2.35. The van der Waals surface area contributed by atoms with Crippen LogP contribution in [0, 0.1) is 5.92 Å². The van der Waals surface area contributed by atoms with Crippen molar-refractivity contribution in [1.82, 2.24) is 4.90 Å². The Kier molecular flexibility index (Phi) is 7.68. The highest BCUT2D eigenvalue weighted by molar-refractivity contribution is 7.98. The van der Waals surface area contributed by atoms with E-state index in [4.69, 9.17) is 0 Å². The first-order valence-electron chi connectivity index (χ1n) is 10.6. The predicted octanol–water partition coefficient (Wildman–Crippen LogP) is 5.24. The van der Waals surface area contributed by atoms with Crippen LogP contribution in [0.3, 0.4) is 0 Å². The first-order valence-corrected chi connectivity index (χ1v) is 13.3. The number of sulfone groups is 1. The quantitative estimate of drug-likeness (QED) is 0.548. The van der Waals surface area contributed by atoms with Gasteiger partial charge < -0.3 is 10.0 Å². The lowest BCUT2D eigenvalue weighted by atomic mass is 9.91. The van der Waals surface area contributed by atoms with Gasteiger partial charge in [-0.1, -0.05) is 13.0 Å². The number of thioether (sulfide) groups is 1. The van der Waals surface area contributed by atoms with E-state index in [9.17, 15) is 31.5 Å². The fourth-order valence-electron chi connectivity index (χ4n) is 4.29. The molecule has 2 aromatic carbocycles. The van der Waals surface area contributed by atoms with Crippen LogP contribution in [0.1, 0.15) is 42.1 Å². The zero-order chi connectivity index (χ0) is 24.4. The van der Waals surface area contributed by atoms with Crippen LogP contribution in [0.25, 0.3) is 0 Å². The number of amides is 1. The second-order valence-corrected chi connectivity index (χ2v) is 11.1. The molecular formula is C23H26F3NO4S2. The number of aromatic hydroxyl groups is 1. The van der Waals surface area contributed by atoms with E-state index in [1.54, 1.807) is 24.0 Å². The average molecular weight is 502 g/mol. The Hall–Kier alpha value is -2.20. The smallest absolute Gasteiger partial charge is 0.416 e. The lowest BCUT2D eigenvalue weighted by Crippen LogP contribution is -2.43. The first-order chi connectivity index (χ1) is 15.5. The van der Waals surface area contributed by atoms with Gasteiger partial charge in [0, 0.05) is 18.0 Å². The summed E-state index contributed by atoms with van der Waals surface area (Å²) in [6, 6.07) is 8.67. The molecule has 0 aliphatic carbocycles. The molecule has 5 nitrogen and oxygen atoms in total. The van der Waals surface area contributed by atoms with E-state index >= 15 is 0 Å². The highest BCUT2D eigenvalue weighted by Gasteiger charge is 2.38. The molecule has 0 radical (unpaired) electrons. The van der Waals surface area contributed by atoms with Gasteiger partial charge in [-0.05, 0) is 67.8 Å². The van der Waals surface area contributed by atoms with Crippen LogP contribution in [0.2, 0.25) is 0 Å². The minimum atomic E-state index is -4.63. The van der Waals surface area contributed by atoms with Gasteiger partial charge >= 0.3 is 6.18 Å². The number of piperidine rings is 1. The summed E-state index contributed by atoms with van der Waals surface area (Å²) in [5.41, 5.74) is -0.796. The molecule has 180 valence electrons. The van der Waals surface area contributed by atoms with E-state index in [2.05, 4.69) is 0 Å². The van der Waals surface area contributed by atoms with Gasteiger partial charge in [0.1, 0.15) is 5.75 Å². The Bertz CT molecular complexity index is 1110. The standard InChI is InChI=1S/C23H26F3NO4S2/c1-3-21(33(30,31)18-6-4-5-16(13-18)23(24,25)26)15-9-11-27(12-10-15)22(29)19-14-17(32-2)7-8-20(19)28/h4-8,13-15,21,28H,3,9-12H2,1-2H3. The zero-order valence-electron chi connectivity index (χ0n) is 18.3. The summed E-state index contributed by atoms with van der Waals surface area (Å²) in [5, 5.41) is 9.26. The largest absolute Gasteiger partial charge is 0.507 e. The third-order valence-corrected chi connectivity index (χ3v) is 9.23. The molecule has 1 aliphatic heterocycles. The van der Waals surface area contributed by atoms with Crippen molar-refractivity contribution in [1.29, 1.82) is 0 Å². The van der Waals surface area contributed by atoms with E-state index < -0.39 is 26.8 Å². The number of nitrogens with zero attached hydrogens (tertiary/aromatic N) is 1. The third-order valence-electron chi connectivity index (χ3n) is 6.08. The number of benzene rings is 2. The van der Waals surface area contributed by atoms with Gasteiger partial charge in [-0.15, -0.1) is 11.8 Å². The van der Waals surface area contributed by atoms with Gasteiger partial charge in [0.15, 0.2) is 9.84 Å². The number of hydrogen-bond acceptors (Lipinski definition) is 5. The molecule has 1 heterocycles. The number of carbonyl (C=O) groups excluding carboxylic acids is 1. The lowest BCUT2D eigenvalue weighted by molar-refractivity contribution is -0.137. The predicted molar refractivity (Wildman–Crippen MR) is 121 cm³/mol. The Morgan fingerprint density at radius 1 is 1.18 bits per heavy atom. The van der Waals surface area contributed by atoms with Crippen molar-refractivity contribution in [3.8, 4) is 5.75 Å². The molecular weight excluding hydrogens is 475 g/mol. The van der Waals surface area contributed by atoms with E-state index in [-0.39, 0.29) is 34.5 Å². The molecule has 0 aromatic heterocycles. The molecule has 1 aliphatic rings. The van der Waals surface area contributed by atoms with Crippen molar-refractivity contribution in [2.24, 2.45) is 5.92 Å². The fourth-order valence-corrected chi connectivity index (χ4v) is 6.86. The maximum Gasteiger partial charge on any atom is 0.416 e. The van der Waals surface area contributed by atoms with Crippen LogP contribution in [0.5, 0.6) is 5.75 Å². The molecule has 33 heavy (non-hydrogen) atoms. The number of hydrogen-bond donors (Lipinski definition) is 1. The normalized spacial score (nSPS) is 16.6. The van der Waals surface area contributed by atoms with Crippen LogP contribution >= 0.6 is 11.8 Å². The van der Waals surface area contributed by atoms with Gasteiger partial charge in [0.05, 0.1) is 21.3 Å². The van der Waals surface area contributed by atoms with Crippen LogP contribution < -0.4 is 0 Å². The number of halogens is 3. The molecule has 1 fully saturated rings. The van der Waals surface area contributed by atoms with Crippen LogP contribution in [-0.2, 0) is 16.0 Å². The molecule has 3 rings (SSSR count). The van der Waals surface area contributed by atoms with E-state index in [1.807, 2.05) is 6.26 Å². The fraction of sp³-hybridized carbons (Fsp3) is 0.435.